The number of anilines is 1. The molecule has 0 aliphatic rings. The normalized spacial score (nSPS) is 10.3. The van der Waals surface area contributed by atoms with E-state index < -0.39 is 17.8 Å². The molecule has 2 rings (SSSR count). The van der Waals surface area contributed by atoms with Gasteiger partial charge in [0.25, 0.3) is 5.91 Å². The second kappa shape index (κ2) is 8.06. The summed E-state index contributed by atoms with van der Waals surface area (Å²) in [5, 5.41) is 5.16. The predicted molar refractivity (Wildman–Crippen MR) is 91.8 cm³/mol. The zero-order chi connectivity index (χ0) is 17.7. The van der Waals surface area contributed by atoms with Gasteiger partial charge in [-0.2, -0.15) is 4.37 Å². The molecule has 0 unspecified atom stereocenters. The Bertz CT molecular complexity index is 768. The van der Waals surface area contributed by atoms with Crippen LogP contribution >= 0.6 is 27.5 Å². The first-order valence-electron chi connectivity index (χ1n) is 6.83. The molecule has 128 valence electrons. The van der Waals surface area contributed by atoms with Crippen molar-refractivity contribution in [3.05, 3.63) is 39.6 Å². The maximum Gasteiger partial charge on any atom is 0.319 e. The number of hydrogen-bond donors (Lipinski definition) is 3. The van der Waals surface area contributed by atoms with Crippen molar-refractivity contribution in [1.82, 2.24) is 9.69 Å². The van der Waals surface area contributed by atoms with Crippen LogP contribution in [0.5, 0.6) is 5.88 Å². The van der Waals surface area contributed by atoms with E-state index in [9.17, 15) is 14.0 Å². The summed E-state index contributed by atoms with van der Waals surface area (Å²) in [7, 11) is 0. The molecule has 0 fully saturated rings. The number of nitrogens with zero attached hydrogens (tertiary/aromatic N) is 1. The third-order valence-electron chi connectivity index (χ3n) is 2.85. The summed E-state index contributed by atoms with van der Waals surface area (Å²) in [4.78, 5) is 23.2. The molecule has 3 amide bonds. The Labute approximate surface area is 149 Å². The standard InChI is InChI=1S/C14H14BrFN4O3S/c1-2-18-14(22)19-13-10(11(17)21)12(20-24-13)23-6-7-3-4-8(15)5-9(7)16/h3-5H,2,6H2,1H3,(H2,17,21)(H2,18,19,22). The van der Waals surface area contributed by atoms with Gasteiger partial charge in [-0.15, -0.1) is 0 Å². The van der Waals surface area contributed by atoms with Gasteiger partial charge < -0.3 is 15.8 Å². The highest BCUT2D eigenvalue weighted by Gasteiger charge is 2.22. The van der Waals surface area contributed by atoms with Crippen molar-refractivity contribution < 1.29 is 18.7 Å². The third kappa shape index (κ3) is 4.42. The van der Waals surface area contributed by atoms with Crippen LogP contribution in [-0.2, 0) is 6.61 Å². The SMILES string of the molecule is CCNC(=O)Nc1snc(OCc2ccc(Br)cc2F)c1C(N)=O. The molecule has 0 saturated heterocycles. The molecule has 1 heterocycles. The number of benzene rings is 1. The van der Waals surface area contributed by atoms with Crippen molar-refractivity contribution in [2.45, 2.75) is 13.5 Å². The van der Waals surface area contributed by atoms with Gasteiger partial charge in [-0.1, -0.05) is 22.0 Å². The zero-order valence-electron chi connectivity index (χ0n) is 12.6. The van der Waals surface area contributed by atoms with Gasteiger partial charge >= 0.3 is 6.03 Å². The topological polar surface area (TPSA) is 106 Å². The molecule has 10 heteroatoms. The number of halogens is 2. The number of carbonyl (C=O) groups excluding carboxylic acids is 2. The molecule has 1 aromatic carbocycles. The van der Waals surface area contributed by atoms with Gasteiger partial charge in [-0.3, -0.25) is 10.1 Å². The molecule has 0 saturated carbocycles. The van der Waals surface area contributed by atoms with Gasteiger partial charge in [0.2, 0.25) is 5.88 Å². The second-order valence-corrected chi connectivity index (χ2v) is 6.25. The summed E-state index contributed by atoms with van der Waals surface area (Å²) in [6.07, 6.45) is 0. The molecule has 0 radical (unpaired) electrons. The molecular weight excluding hydrogens is 403 g/mol. The highest BCUT2D eigenvalue weighted by atomic mass is 79.9. The van der Waals surface area contributed by atoms with Crippen molar-refractivity contribution >= 4 is 44.4 Å². The summed E-state index contributed by atoms with van der Waals surface area (Å²) in [6, 6.07) is 4.02. The molecule has 1 aromatic heterocycles. The number of primary amides is 1. The van der Waals surface area contributed by atoms with E-state index in [1.807, 2.05) is 0 Å². The highest BCUT2D eigenvalue weighted by Crippen LogP contribution is 2.31. The molecule has 0 atom stereocenters. The van der Waals surface area contributed by atoms with Crippen LogP contribution in [0, 0.1) is 5.82 Å². The number of urea groups is 1. The van der Waals surface area contributed by atoms with E-state index in [1.54, 1.807) is 19.1 Å². The number of nitrogens with one attached hydrogen (secondary N) is 2. The van der Waals surface area contributed by atoms with E-state index >= 15 is 0 Å². The fourth-order valence-electron chi connectivity index (χ4n) is 1.77. The molecule has 0 aliphatic carbocycles. The summed E-state index contributed by atoms with van der Waals surface area (Å²) in [5.41, 5.74) is 5.56. The fraction of sp³-hybridized carbons (Fsp3) is 0.214. The third-order valence-corrected chi connectivity index (χ3v) is 4.09. The van der Waals surface area contributed by atoms with E-state index in [4.69, 9.17) is 10.5 Å². The van der Waals surface area contributed by atoms with Crippen molar-refractivity contribution in [2.75, 3.05) is 11.9 Å². The fourth-order valence-corrected chi connectivity index (χ4v) is 2.84. The van der Waals surface area contributed by atoms with Crippen LogP contribution in [0.25, 0.3) is 0 Å². The molecule has 0 aliphatic heterocycles. The maximum atomic E-state index is 13.8. The Hall–Kier alpha value is -2.20. The lowest BCUT2D eigenvalue weighted by Crippen LogP contribution is -2.28. The Kier molecular flexibility index (Phi) is 6.10. The van der Waals surface area contributed by atoms with E-state index in [0.717, 1.165) is 11.5 Å². The number of carbonyl (C=O) groups is 2. The average Bonchev–Trinajstić information content (AvgIpc) is 2.89. The summed E-state index contributed by atoms with van der Waals surface area (Å²) >= 11 is 4.01. The van der Waals surface area contributed by atoms with Crippen molar-refractivity contribution in [2.24, 2.45) is 5.73 Å². The number of aromatic nitrogens is 1. The predicted octanol–water partition coefficient (Wildman–Crippen LogP) is 2.86. The lowest BCUT2D eigenvalue weighted by molar-refractivity contribution is 0.0996. The lowest BCUT2D eigenvalue weighted by Gasteiger charge is -2.07. The largest absolute Gasteiger partial charge is 0.471 e. The zero-order valence-corrected chi connectivity index (χ0v) is 15.0. The van der Waals surface area contributed by atoms with Crippen LogP contribution in [0.15, 0.2) is 22.7 Å². The van der Waals surface area contributed by atoms with E-state index in [0.29, 0.717) is 16.6 Å². The minimum absolute atomic E-state index is 0.0521. The van der Waals surface area contributed by atoms with Gasteiger partial charge in [-0.25, -0.2) is 9.18 Å². The monoisotopic (exact) mass is 416 g/mol. The molecule has 0 spiro atoms. The molecule has 4 N–H and O–H groups in total. The summed E-state index contributed by atoms with van der Waals surface area (Å²) in [6.45, 7) is 2.04. The molecule has 0 bridgehead atoms. The average molecular weight is 417 g/mol. The summed E-state index contributed by atoms with van der Waals surface area (Å²) < 4.78 is 23.7. The number of nitrogens with two attached hydrogens (primary N) is 1. The van der Waals surface area contributed by atoms with E-state index in [2.05, 4.69) is 30.9 Å². The number of amides is 3. The number of ether oxygens (including phenoxy) is 1. The molecule has 2 aromatic rings. The van der Waals surface area contributed by atoms with Crippen LogP contribution in [0.3, 0.4) is 0 Å². The van der Waals surface area contributed by atoms with Gasteiger partial charge in [-0.05, 0) is 30.6 Å². The first-order valence-corrected chi connectivity index (χ1v) is 8.40. The Morgan fingerprint density at radius 1 is 1.46 bits per heavy atom. The van der Waals surface area contributed by atoms with E-state index in [1.165, 1.54) is 6.07 Å². The molecule has 7 nitrogen and oxygen atoms in total. The van der Waals surface area contributed by atoms with Crippen molar-refractivity contribution in [3.63, 3.8) is 0 Å². The van der Waals surface area contributed by atoms with Gasteiger partial charge in [0.15, 0.2) is 0 Å². The van der Waals surface area contributed by atoms with Gasteiger partial charge in [0.1, 0.15) is 23.0 Å². The second-order valence-electron chi connectivity index (χ2n) is 4.56. The molecular formula is C14H14BrFN4O3S. The van der Waals surface area contributed by atoms with E-state index in [-0.39, 0.29) is 23.1 Å². The number of rotatable bonds is 6. The minimum Gasteiger partial charge on any atom is -0.471 e. The van der Waals surface area contributed by atoms with Crippen LogP contribution in [-0.4, -0.2) is 22.9 Å². The van der Waals surface area contributed by atoms with Crippen LogP contribution in [0.2, 0.25) is 0 Å². The highest BCUT2D eigenvalue weighted by molar-refractivity contribution is 9.10. The smallest absolute Gasteiger partial charge is 0.319 e. The van der Waals surface area contributed by atoms with Crippen LogP contribution in [0.4, 0.5) is 14.2 Å². The molecule has 24 heavy (non-hydrogen) atoms. The Morgan fingerprint density at radius 2 is 2.21 bits per heavy atom. The van der Waals surface area contributed by atoms with Crippen LogP contribution in [0.1, 0.15) is 22.8 Å². The lowest BCUT2D eigenvalue weighted by atomic mass is 10.2. The first kappa shape index (κ1) is 18.1. The number of hydrogen-bond acceptors (Lipinski definition) is 5. The van der Waals surface area contributed by atoms with Crippen molar-refractivity contribution in [3.8, 4) is 5.88 Å². The van der Waals surface area contributed by atoms with Gasteiger partial charge in [0, 0.05) is 16.6 Å². The first-order chi connectivity index (χ1) is 11.4. The quantitative estimate of drug-likeness (QED) is 0.672. The summed E-state index contributed by atoms with van der Waals surface area (Å²) in [5.74, 6) is -1.32. The Balaban J connectivity index is 2.16. The minimum atomic E-state index is -0.804. The van der Waals surface area contributed by atoms with Gasteiger partial charge in [0.05, 0.1) is 0 Å². The van der Waals surface area contributed by atoms with Crippen LogP contribution < -0.4 is 21.1 Å². The van der Waals surface area contributed by atoms with Crippen molar-refractivity contribution in [1.29, 1.82) is 0 Å². The maximum absolute atomic E-state index is 13.8. The Morgan fingerprint density at radius 3 is 2.83 bits per heavy atom.